The average molecular weight is 379 g/mol. The van der Waals surface area contributed by atoms with Crippen LogP contribution in [-0.4, -0.2) is 51.9 Å². The Hall–Kier alpha value is -3.07. The predicted molar refractivity (Wildman–Crippen MR) is 111 cm³/mol. The number of hydrazone groups is 1. The largest absolute Gasteiger partial charge is 0.369 e. The number of nitrogens with zero attached hydrogens (tertiary/aromatic N) is 5. The number of rotatable bonds is 6. The SMILES string of the molecule is N=NC(=NN)c1ccc2c(c1)[nH]c1ncnc(NCCCN3CCCCC3)c12. The Bertz CT molecular complexity index is 1000. The second-order valence-corrected chi connectivity index (χ2v) is 7.08. The second-order valence-electron chi connectivity index (χ2n) is 7.08. The Morgan fingerprint density at radius 2 is 2.11 bits per heavy atom. The number of nitrogens with two attached hydrogens (primary N) is 1. The molecule has 0 saturated carbocycles. The summed E-state index contributed by atoms with van der Waals surface area (Å²) < 4.78 is 0. The second kappa shape index (κ2) is 8.30. The molecule has 0 amide bonds. The number of likely N-dealkylation sites (tertiary alicyclic amines) is 1. The minimum absolute atomic E-state index is 0.183. The Balaban J connectivity index is 1.53. The van der Waals surface area contributed by atoms with Crippen molar-refractivity contribution in [2.45, 2.75) is 25.7 Å². The first kappa shape index (κ1) is 18.3. The van der Waals surface area contributed by atoms with E-state index >= 15 is 0 Å². The van der Waals surface area contributed by atoms with Crippen LogP contribution < -0.4 is 11.2 Å². The van der Waals surface area contributed by atoms with Crippen molar-refractivity contribution in [1.82, 2.24) is 19.9 Å². The van der Waals surface area contributed by atoms with Crippen molar-refractivity contribution < 1.29 is 0 Å². The number of anilines is 1. The van der Waals surface area contributed by atoms with Crippen LogP contribution in [0.15, 0.2) is 34.7 Å². The predicted octanol–water partition coefficient (Wildman–Crippen LogP) is 3.05. The summed E-state index contributed by atoms with van der Waals surface area (Å²) in [5.74, 6) is 6.33. The van der Waals surface area contributed by atoms with E-state index < -0.39 is 0 Å². The van der Waals surface area contributed by atoms with E-state index in [-0.39, 0.29) is 5.84 Å². The number of fused-ring (bicyclic) bond motifs is 3. The van der Waals surface area contributed by atoms with Crippen LogP contribution in [0.5, 0.6) is 0 Å². The molecule has 0 aliphatic carbocycles. The van der Waals surface area contributed by atoms with Gasteiger partial charge in [0.2, 0.25) is 0 Å². The zero-order chi connectivity index (χ0) is 19.3. The number of hydrogen-bond acceptors (Lipinski definition) is 7. The summed E-state index contributed by atoms with van der Waals surface area (Å²) in [5, 5.41) is 12.4. The smallest absolute Gasteiger partial charge is 0.199 e. The van der Waals surface area contributed by atoms with Crippen LogP contribution in [0.1, 0.15) is 31.2 Å². The van der Waals surface area contributed by atoms with Crippen LogP contribution in [0, 0.1) is 5.53 Å². The molecule has 0 unspecified atom stereocenters. The van der Waals surface area contributed by atoms with Gasteiger partial charge in [0, 0.05) is 23.0 Å². The molecule has 28 heavy (non-hydrogen) atoms. The van der Waals surface area contributed by atoms with Gasteiger partial charge in [-0.25, -0.2) is 15.5 Å². The molecule has 0 atom stereocenters. The summed E-state index contributed by atoms with van der Waals surface area (Å²) in [4.78, 5) is 14.7. The number of nitrogens with one attached hydrogen (secondary N) is 3. The van der Waals surface area contributed by atoms with Gasteiger partial charge in [-0.3, -0.25) is 0 Å². The monoisotopic (exact) mass is 379 g/mol. The first-order valence-corrected chi connectivity index (χ1v) is 9.68. The van der Waals surface area contributed by atoms with Gasteiger partial charge in [0.25, 0.3) is 0 Å². The molecule has 0 spiro atoms. The Labute approximate surface area is 162 Å². The van der Waals surface area contributed by atoms with Crippen molar-refractivity contribution in [3.63, 3.8) is 0 Å². The molecule has 9 heteroatoms. The fourth-order valence-electron chi connectivity index (χ4n) is 3.86. The van der Waals surface area contributed by atoms with Crippen LogP contribution >= 0.6 is 0 Å². The maximum atomic E-state index is 7.18. The van der Waals surface area contributed by atoms with E-state index in [0.29, 0.717) is 5.56 Å². The van der Waals surface area contributed by atoms with E-state index in [0.717, 1.165) is 47.3 Å². The normalized spacial score (nSPS) is 15.9. The highest BCUT2D eigenvalue weighted by molar-refractivity contribution is 6.13. The maximum absolute atomic E-state index is 7.18. The molecule has 2 aromatic heterocycles. The van der Waals surface area contributed by atoms with Crippen molar-refractivity contribution in [3.05, 3.63) is 30.1 Å². The number of aromatic nitrogens is 3. The van der Waals surface area contributed by atoms with E-state index in [1.165, 1.54) is 32.4 Å². The van der Waals surface area contributed by atoms with E-state index in [1.807, 2.05) is 18.2 Å². The summed E-state index contributed by atoms with van der Waals surface area (Å²) in [6, 6.07) is 5.69. The molecule has 1 aliphatic heterocycles. The highest BCUT2D eigenvalue weighted by Crippen LogP contribution is 2.29. The molecule has 1 saturated heterocycles. The standard InChI is InChI=1S/C19H25N9/c20-26-17(27-21)13-5-6-14-15(11-13)25-19-16(14)18(23-12-24-19)22-7-4-10-28-8-2-1-3-9-28/h5-6,11-12,20H,1-4,7-10,21H2,(H2,22,23,24,25). The average Bonchev–Trinajstić information content (AvgIpc) is 3.11. The molecule has 1 aromatic carbocycles. The Morgan fingerprint density at radius 3 is 2.89 bits per heavy atom. The number of benzene rings is 1. The first-order chi connectivity index (χ1) is 13.8. The van der Waals surface area contributed by atoms with E-state index in [2.05, 4.69) is 35.4 Å². The van der Waals surface area contributed by atoms with Crippen LogP contribution in [0.25, 0.3) is 21.9 Å². The van der Waals surface area contributed by atoms with Crippen LogP contribution in [0.3, 0.4) is 0 Å². The van der Waals surface area contributed by atoms with E-state index in [1.54, 1.807) is 6.33 Å². The van der Waals surface area contributed by atoms with Gasteiger partial charge in [-0.05, 0) is 45.0 Å². The molecule has 3 aromatic rings. The Kier molecular flexibility index (Phi) is 5.43. The molecule has 3 heterocycles. The summed E-state index contributed by atoms with van der Waals surface area (Å²) in [6.45, 7) is 4.44. The minimum Gasteiger partial charge on any atom is -0.369 e. The maximum Gasteiger partial charge on any atom is 0.199 e. The molecular formula is C19H25N9. The highest BCUT2D eigenvalue weighted by atomic mass is 15.2. The number of aromatic amines is 1. The molecule has 5 N–H and O–H groups in total. The molecule has 0 bridgehead atoms. The van der Waals surface area contributed by atoms with Crippen LogP contribution in [0.4, 0.5) is 5.82 Å². The molecule has 1 aliphatic rings. The quantitative estimate of drug-likeness (QED) is 0.130. The first-order valence-electron chi connectivity index (χ1n) is 9.68. The lowest BCUT2D eigenvalue weighted by atomic mass is 10.1. The fourth-order valence-corrected chi connectivity index (χ4v) is 3.86. The highest BCUT2D eigenvalue weighted by Gasteiger charge is 2.13. The van der Waals surface area contributed by atoms with Gasteiger partial charge in [0.05, 0.1) is 5.39 Å². The number of amidine groups is 1. The lowest BCUT2D eigenvalue weighted by Gasteiger charge is -2.26. The zero-order valence-electron chi connectivity index (χ0n) is 15.8. The third-order valence-corrected chi connectivity index (χ3v) is 5.27. The zero-order valence-corrected chi connectivity index (χ0v) is 15.8. The fraction of sp³-hybridized carbons (Fsp3) is 0.421. The van der Waals surface area contributed by atoms with Gasteiger partial charge in [-0.1, -0.05) is 18.6 Å². The van der Waals surface area contributed by atoms with Crippen molar-refractivity contribution in [2.75, 3.05) is 31.5 Å². The van der Waals surface area contributed by atoms with Gasteiger partial charge in [-0.15, -0.1) is 5.11 Å². The molecule has 0 radical (unpaired) electrons. The molecule has 146 valence electrons. The number of hydrogen-bond donors (Lipinski definition) is 4. The molecule has 4 rings (SSSR count). The molecule has 9 nitrogen and oxygen atoms in total. The lowest BCUT2D eigenvalue weighted by molar-refractivity contribution is 0.228. The minimum atomic E-state index is 0.183. The molecular weight excluding hydrogens is 354 g/mol. The third-order valence-electron chi connectivity index (χ3n) is 5.27. The Morgan fingerprint density at radius 1 is 1.25 bits per heavy atom. The topological polar surface area (TPSA) is 131 Å². The third kappa shape index (κ3) is 3.65. The summed E-state index contributed by atoms with van der Waals surface area (Å²) >= 11 is 0. The lowest BCUT2D eigenvalue weighted by Crippen LogP contribution is -2.31. The van der Waals surface area contributed by atoms with Crippen LogP contribution in [-0.2, 0) is 0 Å². The van der Waals surface area contributed by atoms with Gasteiger partial charge in [-0.2, -0.15) is 5.10 Å². The van der Waals surface area contributed by atoms with Gasteiger partial charge in [0.1, 0.15) is 17.8 Å². The van der Waals surface area contributed by atoms with Crippen molar-refractivity contribution in [1.29, 1.82) is 5.53 Å². The van der Waals surface area contributed by atoms with Gasteiger partial charge < -0.3 is 21.0 Å². The number of H-pyrrole nitrogens is 1. The summed E-state index contributed by atoms with van der Waals surface area (Å²) in [6.07, 6.45) is 6.66. The van der Waals surface area contributed by atoms with Gasteiger partial charge >= 0.3 is 0 Å². The number of piperidine rings is 1. The van der Waals surface area contributed by atoms with E-state index in [4.69, 9.17) is 11.4 Å². The van der Waals surface area contributed by atoms with Crippen molar-refractivity contribution in [2.24, 2.45) is 16.1 Å². The van der Waals surface area contributed by atoms with Crippen molar-refractivity contribution in [3.8, 4) is 0 Å². The summed E-state index contributed by atoms with van der Waals surface area (Å²) in [5.41, 5.74) is 9.52. The molecule has 1 fully saturated rings. The van der Waals surface area contributed by atoms with Crippen LogP contribution in [0.2, 0.25) is 0 Å². The van der Waals surface area contributed by atoms with Crippen molar-refractivity contribution >= 4 is 33.6 Å². The van der Waals surface area contributed by atoms with Gasteiger partial charge in [0.15, 0.2) is 5.84 Å². The van der Waals surface area contributed by atoms with E-state index in [9.17, 15) is 0 Å². The summed E-state index contributed by atoms with van der Waals surface area (Å²) in [7, 11) is 0.